The van der Waals surface area contributed by atoms with Crippen LogP contribution in [-0.2, 0) is 44.7 Å². The van der Waals surface area contributed by atoms with Crippen LogP contribution in [0.1, 0.15) is 142 Å². The minimum absolute atomic E-state index is 0.164. The molecule has 418 valence electrons. The summed E-state index contributed by atoms with van der Waals surface area (Å²) in [5.74, 6) is 6.59. The summed E-state index contributed by atoms with van der Waals surface area (Å²) in [5, 5.41) is 18.0. The molecule has 2 aromatic rings. The number of hydrogen-bond donors (Lipinski definition) is 3. The molecule has 3 N–H and O–H groups in total. The highest BCUT2D eigenvalue weighted by molar-refractivity contribution is 5.94. The molecule has 5 aliphatic rings. The van der Waals surface area contributed by atoms with Gasteiger partial charge in [0.05, 0.1) is 46.2 Å². The van der Waals surface area contributed by atoms with Crippen LogP contribution in [0.25, 0.3) is 5.57 Å². The van der Waals surface area contributed by atoms with Crippen molar-refractivity contribution in [2.45, 2.75) is 150 Å². The Labute approximate surface area is 458 Å². The van der Waals surface area contributed by atoms with E-state index < -0.39 is 29.0 Å². The molecule has 0 aromatic heterocycles. The first-order valence-corrected chi connectivity index (χ1v) is 28.3. The van der Waals surface area contributed by atoms with E-state index in [1.165, 1.54) is 27.9 Å². The van der Waals surface area contributed by atoms with E-state index in [9.17, 15) is 24.3 Å². The summed E-state index contributed by atoms with van der Waals surface area (Å²) in [6.45, 7) is 19.7. The monoisotopic (exact) mass is 1060 g/mol. The maximum atomic E-state index is 14.0. The van der Waals surface area contributed by atoms with Crippen molar-refractivity contribution in [1.29, 1.82) is 0 Å². The maximum absolute atomic E-state index is 14.0. The Bertz CT molecular complexity index is 2590. The summed E-state index contributed by atoms with van der Waals surface area (Å²) < 4.78 is 22.9. The van der Waals surface area contributed by atoms with Gasteiger partial charge in [0.1, 0.15) is 24.3 Å². The predicted molar refractivity (Wildman–Crippen MR) is 303 cm³/mol. The molecule has 7 rings (SSSR count). The number of carbonyl (C=O) groups is 4. The van der Waals surface area contributed by atoms with Gasteiger partial charge in [-0.2, -0.15) is 0 Å². The second-order valence-electron chi connectivity index (χ2n) is 22.9. The number of likely N-dealkylation sites (N-methyl/N-ethyl adjacent to an activating group) is 1. The fraction of sp³-hybridized carbons (Fsp3) is 0.603. The standard InChI is InChI=1S/C63H87N5O9/c1-10-28-63(73)29-27-54-52-25-21-47-39-49(69)24-26-51(47)57(52)53(40-62(54,63)8)46-19-22-48(23-20-46)67(9)31-32-74-33-34-75-35-36-76-37-38-77-42-56(70)66-58(61(5,6)7)60(72)68-30-13-14-55(68)59(71)65-41-44-15-17-45(18-16-44)50(11-2)43(4)64-12-3/h12,15-20,22-23,39,52-55,58,73H,11,13-14,21,24-27,29-38,40-42H2,1-9H3,(H,65,71)(H,66,70)/b50-43+,64-12?. The highest BCUT2D eigenvalue weighted by Gasteiger charge is 2.62. The second-order valence-corrected chi connectivity index (χ2v) is 22.9. The number of nitrogens with one attached hydrogen (secondary N) is 2. The summed E-state index contributed by atoms with van der Waals surface area (Å²) in [7, 11) is 2.07. The molecule has 0 bridgehead atoms. The van der Waals surface area contributed by atoms with Crippen LogP contribution in [0.4, 0.5) is 5.69 Å². The van der Waals surface area contributed by atoms with Gasteiger partial charge in [-0.05, 0) is 147 Å². The van der Waals surface area contributed by atoms with E-state index in [0.29, 0.717) is 90.2 Å². The molecule has 77 heavy (non-hydrogen) atoms. The summed E-state index contributed by atoms with van der Waals surface area (Å²) in [5.41, 5.74) is 8.82. The summed E-state index contributed by atoms with van der Waals surface area (Å²) in [6, 6.07) is 15.6. The van der Waals surface area contributed by atoms with Crippen molar-refractivity contribution in [1.82, 2.24) is 15.5 Å². The Morgan fingerprint density at radius 2 is 1.61 bits per heavy atom. The summed E-state index contributed by atoms with van der Waals surface area (Å²) in [6.07, 6.45) is 11.7. The number of aliphatic imine (C=N–C) groups is 1. The number of likely N-dealkylation sites (tertiary alicyclic amines) is 1. The zero-order valence-electron chi connectivity index (χ0n) is 47.6. The number of rotatable bonds is 24. The fourth-order valence-corrected chi connectivity index (χ4v) is 12.9. The SMILES string of the molecule is CC#CC1(O)CCC2C3CCC4=CC(=O)CCC4=C3C(c3ccc(N(C)CCOCCOCCOCCOCC(=O)NC(C(=O)N4CCCC4C(=O)NCc4ccc(/C(CC)=C(\C)N=CC)cc4)C(C)(C)C)cc3)CC21C. The third-order valence-electron chi connectivity index (χ3n) is 17.0. The Morgan fingerprint density at radius 3 is 2.26 bits per heavy atom. The minimum atomic E-state index is -0.997. The first-order chi connectivity index (χ1) is 36.9. The van der Waals surface area contributed by atoms with Gasteiger partial charge in [0.15, 0.2) is 5.78 Å². The number of anilines is 1. The van der Waals surface area contributed by atoms with Crippen molar-refractivity contribution < 1.29 is 43.2 Å². The highest BCUT2D eigenvalue weighted by Crippen LogP contribution is 2.66. The minimum Gasteiger partial charge on any atom is -0.377 e. The molecule has 3 amide bonds. The van der Waals surface area contributed by atoms with Crippen molar-refractivity contribution in [3.63, 3.8) is 0 Å². The van der Waals surface area contributed by atoms with Crippen LogP contribution in [-0.4, -0.2) is 130 Å². The molecule has 7 atom stereocenters. The molecule has 0 spiro atoms. The van der Waals surface area contributed by atoms with Gasteiger partial charge < -0.3 is 44.5 Å². The van der Waals surface area contributed by atoms with Gasteiger partial charge in [0.25, 0.3) is 0 Å². The van der Waals surface area contributed by atoms with Crippen LogP contribution in [0, 0.1) is 34.5 Å². The first kappa shape index (κ1) is 59.2. The Kier molecular flexibility index (Phi) is 20.7. The van der Waals surface area contributed by atoms with Crippen molar-refractivity contribution in [2.75, 3.05) is 77.9 Å². The number of nitrogens with zero attached hydrogens (tertiary/aromatic N) is 3. The third kappa shape index (κ3) is 14.3. The lowest BCUT2D eigenvalue weighted by molar-refractivity contribution is -0.144. The normalized spacial score (nSPS) is 24.8. The van der Waals surface area contributed by atoms with E-state index >= 15 is 0 Å². The predicted octanol–water partition coefficient (Wildman–Crippen LogP) is 8.91. The lowest BCUT2D eigenvalue weighted by atomic mass is 9.51. The van der Waals surface area contributed by atoms with Crippen LogP contribution in [0.2, 0.25) is 0 Å². The fourth-order valence-electron chi connectivity index (χ4n) is 12.9. The molecule has 1 saturated heterocycles. The van der Waals surface area contributed by atoms with Crippen LogP contribution in [0.5, 0.6) is 0 Å². The molecule has 4 aliphatic carbocycles. The number of benzene rings is 2. The zero-order chi connectivity index (χ0) is 55.3. The van der Waals surface area contributed by atoms with E-state index in [4.69, 9.17) is 18.9 Å². The molecule has 0 radical (unpaired) electrons. The van der Waals surface area contributed by atoms with Crippen molar-refractivity contribution in [2.24, 2.45) is 27.7 Å². The number of ketones is 1. The number of carbonyl (C=O) groups excluding carboxylic acids is 4. The molecule has 1 aliphatic heterocycles. The molecule has 14 heteroatoms. The number of amides is 3. The summed E-state index contributed by atoms with van der Waals surface area (Å²) >= 11 is 0. The molecule has 14 nitrogen and oxygen atoms in total. The van der Waals surface area contributed by atoms with Crippen LogP contribution in [0.3, 0.4) is 0 Å². The molecular formula is C63H87N5O9. The maximum Gasteiger partial charge on any atom is 0.246 e. The topological polar surface area (TPSA) is 168 Å². The van der Waals surface area contributed by atoms with Crippen molar-refractivity contribution in [3.05, 3.63) is 93.7 Å². The number of aliphatic hydroxyl groups is 1. The average molecular weight is 1060 g/mol. The third-order valence-corrected chi connectivity index (χ3v) is 17.0. The molecule has 2 saturated carbocycles. The number of ether oxygens (including phenoxy) is 4. The number of hydrogen-bond acceptors (Lipinski definition) is 11. The largest absolute Gasteiger partial charge is 0.377 e. The lowest BCUT2D eigenvalue weighted by Crippen LogP contribution is -2.58. The van der Waals surface area contributed by atoms with E-state index in [1.807, 2.05) is 59.8 Å². The molecular weight excluding hydrogens is 971 g/mol. The zero-order valence-corrected chi connectivity index (χ0v) is 47.6. The van der Waals surface area contributed by atoms with Crippen LogP contribution in [0.15, 0.2) is 82.0 Å². The van der Waals surface area contributed by atoms with Crippen molar-refractivity contribution in [3.8, 4) is 11.8 Å². The lowest BCUT2D eigenvalue weighted by Gasteiger charge is -2.53. The first-order valence-electron chi connectivity index (χ1n) is 28.3. The van der Waals surface area contributed by atoms with Gasteiger partial charge in [-0.15, -0.1) is 5.92 Å². The number of fused-ring (bicyclic) bond motifs is 4. The Morgan fingerprint density at radius 1 is 0.935 bits per heavy atom. The van der Waals surface area contributed by atoms with Crippen LogP contribution >= 0.6 is 0 Å². The second kappa shape index (κ2) is 27.0. The van der Waals surface area contributed by atoms with E-state index in [-0.39, 0.29) is 48.8 Å². The molecule has 1 heterocycles. The Hall–Kier alpha value is -5.43. The number of allylic oxidation sites excluding steroid dienone is 6. The van der Waals surface area contributed by atoms with Gasteiger partial charge in [-0.1, -0.05) is 82.5 Å². The highest BCUT2D eigenvalue weighted by atomic mass is 16.6. The van der Waals surface area contributed by atoms with E-state index in [2.05, 4.69) is 89.7 Å². The van der Waals surface area contributed by atoms with Crippen LogP contribution < -0.4 is 15.5 Å². The van der Waals surface area contributed by atoms with E-state index in [1.54, 1.807) is 11.1 Å². The van der Waals surface area contributed by atoms with Crippen molar-refractivity contribution >= 4 is 41.0 Å². The molecule has 2 aromatic carbocycles. The van der Waals surface area contributed by atoms with Gasteiger partial charge in [-0.25, -0.2) is 0 Å². The van der Waals surface area contributed by atoms with Gasteiger partial charge in [0, 0.05) is 62.0 Å². The Balaban J connectivity index is 0.766. The van der Waals surface area contributed by atoms with Gasteiger partial charge in [-0.3, -0.25) is 24.2 Å². The smallest absolute Gasteiger partial charge is 0.246 e. The molecule has 7 unspecified atom stereocenters. The quantitative estimate of drug-likeness (QED) is 0.0525. The van der Waals surface area contributed by atoms with Gasteiger partial charge >= 0.3 is 0 Å². The summed E-state index contributed by atoms with van der Waals surface area (Å²) in [4.78, 5) is 61.3. The average Bonchev–Trinajstić information content (AvgIpc) is 4.02. The molecule has 3 fully saturated rings. The van der Waals surface area contributed by atoms with Gasteiger partial charge in [0.2, 0.25) is 17.7 Å². The van der Waals surface area contributed by atoms with E-state index in [0.717, 1.165) is 61.0 Å².